The van der Waals surface area contributed by atoms with Crippen LogP contribution in [-0.4, -0.2) is 30.8 Å². The van der Waals surface area contributed by atoms with E-state index in [0.29, 0.717) is 28.0 Å². The molecule has 0 aliphatic heterocycles. The monoisotopic (exact) mass is 439 g/mol. The molecule has 30 heavy (non-hydrogen) atoms. The van der Waals surface area contributed by atoms with Crippen molar-refractivity contribution in [2.24, 2.45) is 7.05 Å². The van der Waals surface area contributed by atoms with Gasteiger partial charge >= 0.3 is 6.03 Å². The van der Waals surface area contributed by atoms with E-state index in [4.69, 9.17) is 11.6 Å². The van der Waals surface area contributed by atoms with Crippen molar-refractivity contribution in [2.75, 3.05) is 10.6 Å². The number of urea groups is 1. The molecule has 10 heteroatoms. The molecular formula is C20H18ClN7OS. The Balaban J connectivity index is 1.37. The van der Waals surface area contributed by atoms with Crippen molar-refractivity contribution in [3.05, 3.63) is 46.3 Å². The average Bonchev–Trinajstić information content (AvgIpc) is 3.33. The topological polar surface area (TPSA) is 97.6 Å². The van der Waals surface area contributed by atoms with E-state index in [1.807, 2.05) is 20.0 Å². The number of hydrogen-bond donors (Lipinski definition) is 2. The summed E-state index contributed by atoms with van der Waals surface area (Å²) >= 11 is 7.95. The third-order valence-electron chi connectivity index (χ3n) is 4.97. The van der Waals surface area contributed by atoms with Crippen molar-refractivity contribution in [1.29, 1.82) is 0 Å². The summed E-state index contributed by atoms with van der Waals surface area (Å²) in [6.07, 6.45) is 7.16. The lowest BCUT2D eigenvalue weighted by molar-refractivity contribution is 0.262. The maximum absolute atomic E-state index is 12.6. The second-order valence-corrected chi connectivity index (χ2v) is 8.81. The molecule has 0 unspecified atom stereocenters. The van der Waals surface area contributed by atoms with Gasteiger partial charge in [-0.3, -0.25) is 9.67 Å². The molecule has 2 N–H and O–H groups in total. The number of pyridine rings is 2. The van der Waals surface area contributed by atoms with Crippen LogP contribution in [0.15, 0.2) is 30.7 Å². The van der Waals surface area contributed by atoms with E-state index >= 15 is 0 Å². The molecule has 0 spiro atoms. The number of fused-ring (bicyclic) bond motifs is 1. The molecule has 0 atom stereocenters. The first kappa shape index (κ1) is 19.0. The third-order valence-corrected chi connectivity index (χ3v) is 6.14. The molecule has 4 aromatic heterocycles. The molecule has 0 aromatic carbocycles. The minimum Gasteiger partial charge on any atom is -0.306 e. The van der Waals surface area contributed by atoms with Crippen LogP contribution in [0.2, 0.25) is 5.02 Å². The standard InChI is InChI=1S/C20H18ClN7OS/c1-10-25-18-16(11-3-4-11)14(9-23-19(18)30-10)27-20(29)26-12-7-13(21)17(22-8-12)15-5-6-24-28(15)2/h5-9,11H,3-4H2,1-2H3,(H2,26,27,29). The van der Waals surface area contributed by atoms with Crippen molar-refractivity contribution in [3.8, 4) is 11.4 Å². The zero-order valence-electron chi connectivity index (χ0n) is 16.3. The normalized spacial score (nSPS) is 13.6. The molecule has 0 bridgehead atoms. The first-order valence-corrected chi connectivity index (χ1v) is 10.7. The van der Waals surface area contributed by atoms with Crippen LogP contribution in [0.25, 0.3) is 21.7 Å². The lowest BCUT2D eigenvalue weighted by Gasteiger charge is -2.12. The van der Waals surface area contributed by atoms with Crippen LogP contribution < -0.4 is 10.6 Å². The van der Waals surface area contributed by atoms with Crippen molar-refractivity contribution in [2.45, 2.75) is 25.7 Å². The van der Waals surface area contributed by atoms with E-state index in [9.17, 15) is 4.79 Å². The molecule has 4 heterocycles. The predicted octanol–water partition coefficient (Wildman–Crippen LogP) is 4.97. The van der Waals surface area contributed by atoms with Gasteiger partial charge in [-0.05, 0) is 37.8 Å². The van der Waals surface area contributed by atoms with Gasteiger partial charge in [0.15, 0.2) is 0 Å². The van der Waals surface area contributed by atoms with Gasteiger partial charge in [0.25, 0.3) is 0 Å². The summed E-state index contributed by atoms with van der Waals surface area (Å²) in [4.78, 5) is 27.0. The number of thiazole rings is 1. The van der Waals surface area contributed by atoms with Gasteiger partial charge in [-0.25, -0.2) is 14.8 Å². The van der Waals surface area contributed by atoms with Gasteiger partial charge in [0.1, 0.15) is 16.0 Å². The zero-order valence-corrected chi connectivity index (χ0v) is 17.9. The molecule has 0 saturated heterocycles. The molecule has 8 nitrogen and oxygen atoms in total. The fourth-order valence-electron chi connectivity index (χ4n) is 3.47. The maximum Gasteiger partial charge on any atom is 0.323 e. The largest absolute Gasteiger partial charge is 0.323 e. The molecule has 0 radical (unpaired) electrons. The number of anilines is 2. The molecule has 1 aliphatic rings. The van der Waals surface area contributed by atoms with E-state index in [1.165, 1.54) is 0 Å². The number of aromatic nitrogens is 5. The highest BCUT2D eigenvalue weighted by Gasteiger charge is 2.30. The Kier molecular flexibility index (Phi) is 4.63. The molecular weight excluding hydrogens is 422 g/mol. The van der Waals surface area contributed by atoms with Crippen LogP contribution in [0.4, 0.5) is 16.2 Å². The van der Waals surface area contributed by atoms with Gasteiger partial charge in [-0.2, -0.15) is 5.10 Å². The summed E-state index contributed by atoms with van der Waals surface area (Å²) in [5, 5.41) is 11.2. The van der Waals surface area contributed by atoms with Gasteiger partial charge < -0.3 is 10.6 Å². The fraction of sp³-hybridized carbons (Fsp3) is 0.250. The molecule has 1 fully saturated rings. The summed E-state index contributed by atoms with van der Waals surface area (Å²) < 4.78 is 1.69. The Bertz CT molecular complexity index is 1280. The number of hydrogen-bond acceptors (Lipinski definition) is 6. The summed E-state index contributed by atoms with van der Waals surface area (Å²) in [6.45, 7) is 1.97. The van der Waals surface area contributed by atoms with E-state index in [1.54, 1.807) is 40.7 Å². The number of nitrogens with one attached hydrogen (secondary N) is 2. The Morgan fingerprint density at radius 3 is 2.80 bits per heavy atom. The number of aryl methyl sites for hydroxylation is 2. The summed E-state index contributed by atoms with van der Waals surface area (Å²) in [5.41, 5.74) is 4.55. The number of halogens is 1. The third kappa shape index (κ3) is 3.50. The van der Waals surface area contributed by atoms with Crippen LogP contribution >= 0.6 is 22.9 Å². The van der Waals surface area contributed by atoms with Crippen LogP contribution in [-0.2, 0) is 7.05 Å². The highest BCUT2D eigenvalue weighted by Crippen LogP contribution is 2.46. The second kappa shape index (κ2) is 7.33. The second-order valence-electron chi connectivity index (χ2n) is 7.22. The number of carbonyl (C=O) groups is 1. The van der Waals surface area contributed by atoms with E-state index < -0.39 is 0 Å². The highest BCUT2D eigenvalue weighted by molar-refractivity contribution is 7.18. The van der Waals surface area contributed by atoms with Crippen molar-refractivity contribution < 1.29 is 4.79 Å². The first-order valence-electron chi connectivity index (χ1n) is 9.47. The van der Waals surface area contributed by atoms with Crippen LogP contribution in [0.3, 0.4) is 0 Å². The quantitative estimate of drug-likeness (QED) is 0.467. The molecule has 4 aromatic rings. The molecule has 1 aliphatic carbocycles. The predicted molar refractivity (Wildman–Crippen MR) is 118 cm³/mol. The van der Waals surface area contributed by atoms with E-state index in [2.05, 4.69) is 30.7 Å². The van der Waals surface area contributed by atoms with Crippen LogP contribution in [0.5, 0.6) is 0 Å². The summed E-state index contributed by atoms with van der Waals surface area (Å²) in [5.74, 6) is 0.418. The lowest BCUT2D eigenvalue weighted by atomic mass is 10.1. The molecule has 5 rings (SSSR count). The Morgan fingerprint density at radius 1 is 1.27 bits per heavy atom. The van der Waals surface area contributed by atoms with Gasteiger partial charge in [0.2, 0.25) is 0 Å². The minimum absolute atomic E-state index is 0.379. The Labute approximate surface area is 181 Å². The Morgan fingerprint density at radius 2 is 2.10 bits per heavy atom. The van der Waals surface area contributed by atoms with Crippen molar-refractivity contribution in [1.82, 2.24) is 24.7 Å². The zero-order chi connectivity index (χ0) is 20.8. The van der Waals surface area contributed by atoms with Gasteiger partial charge in [0, 0.05) is 18.8 Å². The summed E-state index contributed by atoms with van der Waals surface area (Å²) in [7, 11) is 1.82. The molecule has 1 saturated carbocycles. The number of rotatable bonds is 4. The van der Waals surface area contributed by atoms with Crippen molar-refractivity contribution >= 4 is 50.7 Å². The van der Waals surface area contributed by atoms with E-state index in [-0.39, 0.29) is 6.03 Å². The fourth-order valence-corrected chi connectivity index (χ4v) is 4.51. The van der Waals surface area contributed by atoms with Gasteiger partial charge in [0.05, 0.1) is 39.5 Å². The first-order chi connectivity index (χ1) is 14.5. The highest BCUT2D eigenvalue weighted by atomic mass is 35.5. The van der Waals surface area contributed by atoms with Gasteiger partial charge in [-0.15, -0.1) is 0 Å². The number of carbonyl (C=O) groups excluding carboxylic acids is 1. The number of nitrogens with zero attached hydrogens (tertiary/aromatic N) is 5. The average molecular weight is 440 g/mol. The SMILES string of the molecule is Cc1nc2c(C3CC3)c(NC(=O)Nc3cnc(-c4ccnn4C)c(Cl)c3)cnc2s1. The van der Waals surface area contributed by atoms with Crippen LogP contribution in [0.1, 0.15) is 29.3 Å². The lowest BCUT2D eigenvalue weighted by Crippen LogP contribution is -2.20. The summed E-state index contributed by atoms with van der Waals surface area (Å²) in [6, 6.07) is 3.12. The molecule has 2 amide bonds. The smallest absolute Gasteiger partial charge is 0.306 e. The van der Waals surface area contributed by atoms with Gasteiger partial charge in [-0.1, -0.05) is 22.9 Å². The van der Waals surface area contributed by atoms with Crippen molar-refractivity contribution in [3.63, 3.8) is 0 Å². The minimum atomic E-state index is -0.379. The molecule has 152 valence electrons. The number of amides is 2. The maximum atomic E-state index is 12.6. The van der Waals surface area contributed by atoms with E-state index in [0.717, 1.165) is 39.5 Å². The Hall–Kier alpha value is -3.04. The van der Waals surface area contributed by atoms with Crippen LogP contribution in [0, 0.1) is 6.92 Å².